The molecule has 4 nitrogen and oxygen atoms in total. The topological polar surface area (TPSA) is 63.2 Å². The maximum Gasteiger partial charge on any atom is 0.221 e. The van der Waals surface area contributed by atoms with Crippen LogP contribution in [-0.2, 0) is 14.6 Å². The molecule has 0 radical (unpaired) electrons. The smallest absolute Gasteiger partial charge is 0.221 e. The van der Waals surface area contributed by atoms with E-state index in [9.17, 15) is 13.2 Å². The van der Waals surface area contributed by atoms with Crippen molar-refractivity contribution in [3.8, 4) is 0 Å². The van der Waals surface area contributed by atoms with E-state index >= 15 is 0 Å². The summed E-state index contributed by atoms with van der Waals surface area (Å²) in [5.74, 6) is 0.0824. The fourth-order valence-electron chi connectivity index (χ4n) is 3.18. The van der Waals surface area contributed by atoms with Crippen molar-refractivity contribution in [2.24, 2.45) is 0 Å². The van der Waals surface area contributed by atoms with Crippen LogP contribution in [0.4, 0.5) is 0 Å². The quantitative estimate of drug-likeness (QED) is 0.907. The number of benzene rings is 2. The Labute approximate surface area is 142 Å². The molecular weight excluding hydrogens is 322 g/mol. The molecule has 2 aromatic rings. The van der Waals surface area contributed by atoms with Crippen molar-refractivity contribution in [1.29, 1.82) is 0 Å². The molecule has 1 atom stereocenters. The molecule has 0 aromatic heterocycles. The first-order chi connectivity index (χ1) is 11.5. The third-order valence-corrected chi connectivity index (χ3v) is 6.16. The van der Waals surface area contributed by atoms with Crippen molar-refractivity contribution in [2.75, 3.05) is 11.5 Å². The van der Waals surface area contributed by atoms with E-state index in [1.807, 2.05) is 60.7 Å². The van der Waals surface area contributed by atoms with Gasteiger partial charge in [0.15, 0.2) is 9.84 Å². The molecule has 1 saturated heterocycles. The van der Waals surface area contributed by atoms with E-state index in [0.29, 0.717) is 12.8 Å². The van der Waals surface area contributed by atoms with Gasteiger partial charge in [0.25, 0.3) is 0 Å². The number of rotatable bonds is 5. The molecule has 0 spiro atoms. The van der Waals surface area contributed by atoms with E-state index in [2.05, 4.69) is 5.32 Å². The molecule has 1 amide bonds. The molecule has 0 unspecified atom stereocenters. The SMILES string of the molecule is O=C(CC(c1ccccc1)c1ccccc1)N[C@@H]1CCS(=O)(=O)C1. The van der Waals surface area contributed by atoms with Gasteiger partial charge in [-0.3, -0.25) is 4.79 Å². The molecule has 5 heteroatoms. The maximum atomic E-state index is 12.5. The average Bonchev–Trinajstić information content (AvgIpc) is 2.93. The lowest BCUT2D eigenvalue weighted by molar-refractivity contribution is -0.121. The predicted molar refractivity (Wildman–Crippen MR) is 94.5 cm³/mol. The lowest BCUT2D eigenvalue weighted by atomic mass is 9.88. The molecule has 1 N–H and O–H groups in total. The second-order valence-corrected chi connectivity index (χ2v) is 8.47. The molecule has 1 aliphatic rings. The molecule has 1 fully saturated rings. The Bertz CT molecular complexity index is 748. The van der Waals surface area contributed by atoms with Gasteiger partial charge in [-0.2, -0.15) is 0 Å². The molecule has 3 rings (SSSR count). The normalized spacial score (nSPS) is 19.3. The summed E-state index contributed by atoms with van der Waals surface area (Å²) in [6.45, 7) is 0. The Morgan fingerprint density at radius 1 is 1.00 bits per heavy atom. The number of hydrogen-bond donors (Lipinski definition) is 1. The summed E-state index contributed by atoms with van der Waals surface area (Å²) < 4.78 is 23.1. The lowest BCUT2D eigenvalue weighted by Gasteiger charge is -2.19. The van der Waals surface area contributed by atoms with Gasteiger partial charge in [-0.05, 0) is 17.5 Å². The van der Waals surface area contributed by atoms with Gasteiger partial charge in [0.1, 0.15) is 0 Å². The zero-order valence-electron chi connectivity index (χ0n) is 13.4. The maximum absolute atomic E-state index is 12.5. The van der Waals surface area contributed by atoms with E-state index in [1.54, 1.807) is 0 Å². The van der Waals surface area contributed by atoms with Crippen LogP contribution in [0.3, 0.4) is 0 Å². The van der Waals surface area contributed by atoms with Gasteiger partial charge in [0.2, 0.25) is 5.91 Å². The fraction of sp³-hybridized carbons (Fsp3) is 0.316. The number of sulfone groups is 1. The van der Waals surface area contributed by atoms with Crippen LogP contribution in [-0.4, -0.2) is 31.9 Å². The van der Waals surface area contributed by atoms with Gasteiger partial charge in [-0.1, -0.05) is 60.7 Å². The monoisotopic (exact) mass is 343 g/mol. The van der Waals surface area contributed by atoms with E-state index in [4.69, 9.17) is 0 Å². The van der Waals surface area contributed by atoms with Crippen LogP contribution >= 0.6 is 0 Å². The van der Waals surface area contributed by atoms with Crippen LogP contribution in [0.15, 0.2) is 60.7 Å². The summed E-state index contributed by atoms with van der Waals surface area (Å²) in [4.78, 5) is 12.5. The number of nitrogens with one attached hydrogen (secondary N) is 1. The van der Waals surface area contributed by atoms with Gasteiger partial charge in [-0.25, -0.2) is 8.42 Å². The summed E-state index contributed by atoms with van der Waals surface area (Å²) in [5.41, 5.74) is 2.16. The first-order valence-electron chi connectivity index (χ1n) is 8.13. The minimum Gasteiger partial charge on any atom is -0.352 e. The highest BCUT2D eigenvalue weighted by Gasteiger charge is 2.29. The van der Waals surface area contributed by atoms with Crippen molar-refractivity contribution < 1.29 is 13.2 Å². The first-order valence-corrected chi connectivity index (χ1v) is 9.95. The Balaban J connectivity index is 1.74. The highest BCUT2D eigenvalue weighted by molar-refractivity contribution is 7.91. The molecular formula is C19H21NO3S. The molecule has 0 saturated carbocycles. The summed E-state index contributed by atoms with van der Waals surface area (Å²) in [5, 5.41) is 2.89. The van der Waals surface area contributed by atoms with Gasteiger partial charge < -0.3 is 5.32 Å². The van der Waals surface area contributed by atoms with E-state index < -0.39 is 9.84 Å². The van der Waals surface area contributed by atoms with Gasteiger partial charge in [0.05, 0.1) is 11.5 Å². The van der Waals surface area contributed by atoms with Crippen LogP contribution in [0.2, 0.25) is 0 Å². The highest BCUT2D eigenvalue weighted by Crippen LogP contribution is 2.28. The van der Waals surface area contributed by atoms with E-state index in [-0.39, 0.29) is 29.4 Å². The van der Waals surface area contributed by atoms with Crippen LogP contribution in [0.5, 0.6) is 0 Å². The summed E-state index contributed by atoms with van der Waals surface area (Å²) in [7, 11) is -2.99. The summed E-state index contributed by atoms with van der Waals surface area (Å²) in [6, 6.07) is 19.6. The second kappa shape index (κ2) is 7.18. The van der Waals surface area contributed by atoms with Crippen molar-refractivity contribution >= 4 is 15.7 Å². The van der Waals surface area contributed by atoms with E-state index in [0.717, 1.165) is 11.1 Å². The molecule has 0 aliphatic carbocycles. The standard InChI is InChI=1S/C19H21NO3S/c21-19(20-17-11-12-24(22,23)14-17)13-18(15-7-3-1-4-8-15)16-9-5-2-6-10-16/h1-10,17-18H,11-14H2,(H,20,21)/t17-/m1/s1. The minimum absolute atomic E-state index is 0.0367. The largest absolute Gasteiger partial charge is 0.352 e. The van der Waals surface area contributed by atoms with Gasteiger partial charge in [0, 0.05) is 18.4 Å². The van der Waals surface area contributed by atoms with Crippen molar-refractivity contribution in [1.82, 2.24) is 5.32 Å². The van der Waals surface area contributed by atoms with Gasteiger partial charge in [-0.15, -0.1) is 0 Å². The zero-order valence-corrected chi connectivity index (χ0v) is 14.2. The second-order valence-electron chi connectivity index (χ2n) is 6.25. The molecule has 2 aromatic carbocycles. The summed E-state index contributed by atoms with van der Waals surface area (Å²) >= 11 is 0. The van der Waals surface area contributed by atoms with Crippen molar-refractivity contribution in [3.63, 3.8) is 0 Å². The first kappa shape index (κ1) is 16.7. The lowest BCUT2D eigenvalue weighted by Crippen LogP contribution is -2.36. The molecule has 126 valence electrons. The Kier molecular flexibility index (Phi) is 5.00. The number of carbonyl (C=O) groups is 1. The van der Waals surface area contributed by atoms with Crippen LogP contribution in [0.25, 0.3) is 0 Å². The van der Waals surface area contributed by atoms with E-state index in [1.165, 1.54) is 0 Å². The average molecular weight is 343 g/mol. The Morgan fingerprint density at radius 3 is 2.00 bits per heavy atom. The van der Waals surface area contributed by atoms with Crippen molar-refractivity contribution in [3.05, 3.63) is 71.8 Å². The number of carbonyl (C=O) groups excluding carboxylic acids is 1. The zero-order chi connectivity index (χ0) is 17.0. The molecule has 1 aliphatic heterocycles. The van der Waals surface area contributed by atoms with Gasteiger partial charge >= 0.3 is 0 Å². The molecule has 24 heavy (non-hydrogen) atoms. The predicted octanol–water partition coefficient (Wildman–Crippen LogP) is 2.51. The summed E-state index contributed by atoms with van der Waals surface area (Å²) in [6.07, 6.45) is 0.819. The number of hydrogen-bond acceptors (Lipinski definition) is 3. The molecule has 1 heterocycles. The fourth-order valence-corrected chi connectivity index (χ4v) is 4.85. The highest BCUT2D eigenvalue weighted by atomic mass is 32.2. The third kappa shape index (κ3) is 4.23. The molecule has 0 bridgehead atoms. The van der Waals surface area contributed by atoms with Crippen LogP contribution < -0.4 is 5.32 Å². The Morgan fingerprint density at radius 2 is 1.54 bits per heavy atom. The Hall–Kier alpha value is -2.14. The minimum atomic E-state index is -2.99. The number of amides is 1. The van der Waals surface area contributed by atoms with Crippen LogP contribution in [0.1, 0.15) is 29.9 Å². The third-order valence-electron chi connectivity index (χ3n) is 4.39. The van der Waals surface area contributed by atoms with Crippen molar-refractivity contribution in [2.45, 2.75) is 24.8 Å². The van der Waals surface area contributed by atoms with Crippen LogP contribution in [0, 0.1) is 0 Å².